The van der Waals surface area contributed by atoms with Crippen LogP contribution in [0.15, 0.2) is 30.6 Å². The molecule has 1 fully saturated rings. The third-order valence-electron chi connectivity index (χ3n) is 5.28. The van der Waals surface area contributed by atoms with E-state index in [-0.39, 0.29) is 46.4 Å². The summed E-state index contributed by atoms with van der Waals surface area (Å²) in [5.41, 5.74) is -0.142. The van der Waals surface area contributed by atoms with Gasteiger partial charge in [-0.05, 0) is 26.0 Å². The fourth-order valence-electron chi connectivity index (χ4n) is 3.61. The number of benzene rings is 1. The van der Waals surface area contributed by atoms with Crippen molar-refractivity contribution >= 4 is 29.1 Å². The first-order valence-electron chi connectivity index (χ1n) is 13.4. The van der Waals surface area contributed by atoms with E-state index in [0.29, 0.717) is 13.1 Å². The van der Waals surface area contributed by atoms with Gasteiger partial charge in [-0.15, -0.1) is 10.2 Å². The average Bonchev–Trinajstić information content (AvgIpc) is 3.43. The van der Waals surface area contributed by atoms with Gasteiger partial charge in [0.1, 0.15) is 6.33 Å². The van der Waals surface area contributed by atoms with E-state index < -0.39 is 25.6 Å². The van der Waals surface area contributed by atoms with Crippen LogP contribution in [-0.4, -0.2) is 74.9 Å². The molecule has 1 saturated heterocycles. The molecular weight excluding hydrogens is 438 g/mol. The zero-order chi connectivity index (χ0) is 29.4. The molecule has 34 heavy (non-hydrogen) atoms. The molecule has 0 unspecified atom stereocenters. The molecule has 12 nitrogen and oxygen atoms in total. The molecule has 0 atom stereocenters. The number of nitrogens with zero attached hydrogens (tertiary/aromatic N) is 7. The van der Waals surface area contributed by atoms with Crippen molar-refractivity contribution in [2.45, 2.75) is 19.9 Å². The molecule has 0 bridgehead atoms. The molecular formula is C22H27N9O3. The quantitative estimate of drug-likeness (QED) is 0.535. The Balaban J connectivity index is 1.82. The van der Waals surface area contributed by atoms with Gasteiger partial charge in [-0.3, -0.25) is 14.4 Å². The number of aromatic nitrogens is 5. The minimum atomic E-state index is -2.87. The molecule has 0 saturated carbocycles. The summed E-state index contributed by atoms with van der Waals surface area (Å²) in [6.45, 7) is 1.67. The second kappa shape index (κ2) is 9.33. The maximum Gasteiger partial charge on any atom is 0.326 e. The second-order valence-electron chi connectivity index (χ2n) is 7.79. The summed E-state index contributed by atoms with van der Waals surface area (Å²) >= 11 is 0. The van der Waals surface area contributed by atoms with E-state index in [2.05, 4.69) is 25.6 Å². The molecule has 0 radical (unpaired) electrons. The maximum absolute atomic E-state index is 12.9. The van der Waals surface area contributed by atoms with Crippen molar-refractivity contribution in [1.82, 2.24) is 35.2 Å². The van der Waals surface area contributed by atoms with Crippen molar-refractivity contribution in [1.29, 1.82) is 0 Å². The Morgan fingerprint density at radius 2 is 2.09 bits per heavy atom. The molecule has 4 rings (SSSR count). The van der Waals surface area contributed by atoms with Crippen molar-refractivity contribution < 1.29 is 22.6 Å². The van der Waals surface area contributed by atoms with E-state index in [1.807, 2.05) is 19.2 Å². The number of carbonyl (C=O) groups excluding carboxylic acids is 2. The van der Waals surface area contributed by atoms with Gasteiger partial charge in [0, 0.05) is 43.3 Å². The average molecular weight is 472 g/mol. The Morgan fingerprint density at radius 3 is 2.76 bits per heavy atom. The molecule has 178 valence electrons. The molecule has 0 aliphatic carbocycles. The number of carbonyl (C=O) groups is 2. The smallest absolute Gasteiger partial charge is 0.326 e. The summed E-state index contributed by atoms with van der Waals surface area (Å²) in [6, 6.07) is 5.61. The molecule has 12 heteroatoms. The largest absolute Gasteiger partial charge is 0.494 e. The van der Waals surface area contributed by atoms with Crippen LogP contribution in [0.25, 0.3) is 11.4 Å². The van der Waals surface area contributed by atoms with Gasteiger partial charge in [-0.2, -0.15) is 5.10 Å². The Hall–Kier alpha value is -4.22. The van der Waals surface area contributed by atoms with Gasteiger partial charge in [0.15, 0.2) is 23.1 Å². The molecule has 1 aliphatic heterocycles. The highest BCUT2D eigenvalue weighted by Gasteiger charge is 2.33. The van der Waals surface area contributed by atoms with Gasteiger partial charge >= 0.3 is 6.03 Å². The predicted octanol–water partition coefficient (Wildman–Crippen LogP) is 2.03. The Bertz CT molecular complexity index is 1420. The van der Waals surface area contributed by atoms with Crippen LogP contribution >= 0.6 is 0 Å². The summed E-state index contributed by atoms with van der Waals surface area (Å²) in [5.74, 6) is -0.950. The highest BCUT2D eigenvalue weighted by atomic mass is 16.5. The third-order valence-corrected chi connectivity index (χ3v) is 5.28. The van der Waals surface area contributed by atoms with E-state index in [4.69, 9.17) is 13.0 Å². The first-order chi connectivity index (χ1) is 18.6. The molecule has 3 heterocycles. The summed E-state index contributed by atoms with van der Waals surface area (Å²) in [6.07, 6.45) is 1.43. The number of hydrogen-bond donors (Lipinski definition) is 2. The highest BCUT2D eigenvalue weighted by molar-refractivity contribution is 6.00. The van der Waals surface area contributed by atoms with E-state index in [0.717, 1.165) is 0 Å². The first kappa shape index (κ1) is 16.4. The second-order valence-corrected chi connectivity index (χ2v) is 7.79. The van der Waals surface area contributed by atoms with Crippen molar-refractivity contribution in [3.63, 3.8) is 0 Å². The Kier molecular flexibility index (Phi) is 4.50. The number of aryl methyl sites for hydroxylation is 1. The van der Waals surface area contributed by atoms with Crippen molar-refractivity contribution in [2.75, 3.05) is 37.3 Å². The Morgan fingerprint density at radius 1 is 1.24 bits per heavy atom. The van der Waals surface area contributed by atoms with Crippen LogP contribution in [0.1, 0.15) is 32.6 Å². The van der Waals surface area contributed by atoms with E-state index in [1.165, 1.54) is 28.0 Å². The van der Waals surface area contributed by atoms with Crippen molar-refractivity contribution in [3.8, 4) is 17.1 Å². The molecule has 0 spiro atoms. The zero-order valence-corrected chi connectivity index (χ0v) is 18.7. The van der Waals surface area contributed by atoms with Crippen molar-refractivity contribution in [2.24, 2.45) is 7.05 Å². The number of nitrogens with one attached hydrogen (secondary N) is 2. The van der Waals surface area contributed by atoms with Crippen LogP contribution in [0.4, 0.5) is 22.0 Å². The van der Waals surface area contributed by atoms with Crippen LogP contribution in [0.3, 0.4) is 0 Å². The molecule has 3 aromatic rings. The lowest BCUT2D eigenvalue weighted by Gasteiger charge is -2.21. The standard InChI is InChI=1S/C22H27N9O3/c1-13(2)30-9-10-31(22(30)33)17-11-16(18(27-26-17)21(32)23-3)25-15-8-6-7-14(19(15)34-5)20-24-12-29(4)28-20/h6-8,11-13H,9-10H2,1-5H3,(H,23,32)(H,25,26)/i3D3,5D3. The lowest BCUT2D eigenvalue weighted by atomic mass is 10.1. The van der Waals surface area contributed by atoms with Crippen molar-refractivity contribution in [3.05, 3.63) is 36.3 Å². The summed E-state index contributed by atoms with van der Waals surface area (Å²) < 4.78 is 52.0. The van der Waals surface area contributed by atoms with Crippen LogP contribution in [0.2, 0.25) is 0 Å². The maximum atomic E-state index is 12.9. The van der Waals surface area contributed by atoms with Gasteiger partial charge in [-0.1, -0.05) is 6.07 Å². The molecule has 1 aromatic carbocycles. The third kappa shape index (κ3) is 4.21. The summed E-state index contributed by atoms with van der Waals surface area (Å²) in [5, 5.41) is 16.9. The molecule has 1 aliphatic rings. The number of ether oxygens (including phenoxy) is 1. The topological polar surface area (TPSA) is 130 Å². The SMILES string of the molecule is [2H]C([2H])([2H])NC(=O)c1nnc(N2CCN(C(C)C)C2=O)cc1Nc1cccc(-c2ncn(C)n2)c1OC([2H])([2H])[2H]. The number of anilines is 3. The van der Waals surface area contributed by atoms with Gasteiger partial charge in [0.05, 0.1) is 28.1 Å². The van der Waals surface area contributed by atoms with Gasteiger partial charge in [0.25, 0.3) is 5.91 Å². The van der Waals surface area contributed by atoms with Crippen LogP contribution in [0, 0.1) is 0 Å². The fourth-order valence-corrected chi connectivity index (χ4v) is 3.61. The van der Waals surface area contributed by atoms with Crippen LogP contribution < -0.4 is 20.3 Å². The Labute approximate surface area is 205 Å². The highest BCUT2D eigenvalue weighted by Crippen LogP contribution is 2.37. The van der Waals surface area contributed by atoms with E-state index >= 15 is 0 Å². The monoisotopic (exact) mass is 471 g/mol. The van der Waals surface area contributed by atoms with Gasteiger partial charge in [0.2, 0.25) is 0 Å². The minimum Gasteiger partial charge on any atom is -0.494 e. The molecule has 3 amide bonds. The van der Waals surface area contributed by atoms with Crippen LogP contribution in [-0.2, 0) is 7.05 Å². The number of methoxy groups -OCH3 is 1. The predicted molar refractivity (Wildman–Crippen MR) is 126 cm³/mol. The number of hydrogen-bond acceptors (Lipinski definition) is 8. The van der Waals surface area contributed by atoms with Crippen LogP contribution in [0.5, 0.6) is 5.75 Å². The molecule has 2 aromatic heterocycles. The lowest BCUT2D eigenvalue weighted by Crippen LogP contribution is -2.36. The fraction of sp³-hybridized carbons (Fsp3) is 0.364. The normalized spacial score (nSPS) is 16.9. The summed E-state index contributed by atoms with van der Waals surface area (Å²) in [4.78, 5) is 33.0. The lowest BCUT2D eigenvalue weighted by molar-refractivity contribution is 0.0958. The van der Waals surface area contributed by atoms with E-state index in [9.17, 15) is 9.59 Å². The molecule has 2 N–H and O–H groups in total. The summed E-state index contributed by atoms with van der Waals surface area (Å²) in [7, 11) is -1.23. The van der Waals surface area contributed by atoms with Gasteiger partial charge in [-0.25, -0.2) is 9.78 Å². The minimum absolute atomic E-state index is 0.0518. The van der Waals surface area contributed by atoms with E-state index in [1.54, 1.807) is 24.1 Å². The first-order valence-corrected chi connectivity index (χ1v) is 10.4. The number of rotatable bonds is 7. The number of amides is 3. The number of para-hydroxylation sites is 1. The zero-order valence-electron chi connectivity index (χ0n) is 24.7. The van der Waals surface area contributed by atoms with Gasteiger partial charge < -0.3 is 20.3 Å². The number of urea groups is 1.